The lowest BCUT2D eigenvalue weighted by Crippen LogP contribution is -2.10. The van der Waals surface area contributed by atoms with Gasteiger partial charge in [0.1, 0.15) is 5.76 Å². The van der Waals surface area contributed by atoms with Crippen LogP contribution < -0.4 is 0 Å². The average Bonchev–Trinajstić information content (AvgIpc) is 2.34. The number of esters is 1. The molecular weight excluding hydrogens is 228 g/mol. The molecule has 0 spiro atoms. The zero-order chi connectivity index (χ0) is 13.8. The van der Waals surface area contributed by atoms with E-state index < -0.39 is 5.97 Å². The van der Waals surface area contributed by atoms with Gasteiger partial charge in [-0.15, -0.1) is 0 Å². The Balaban J connectivity index is 3.03. The standard InChI is InChI=1S/C15H20O3/c1-15(2,3)12-8-6-11(7-9-12)13(17-4)10-14(16)18-5/h6-10H,1-5H3/b13-10-. The van der Waals surface area contributed by atoms with Crippen molar-refractivity contribution in [3.05, 3.63) is 41.5 Å². The van der Waals surface area contributed by atoms with Crippen LogP contribution in [0.25, 0.3) is 5.76 Å². The fourth-order valence-electron chi connectivity index (χ4n) is 1.56. The summed E-state index contributed by atoms with van der Waals surface area (Å²) < 4.78 is 9.78. The van der Waals surface area contributed by atoms with Crippen molar-refractivity contribution in [3.63, 3.8) is 0 Å². The van der Waals surface area contributed by atoms with E-state index in [4.69, 9.17) is 4.74 Å². The van der Waals surface area contributed by atoms with Crippen LogP contribution in [0.15, 0.2) is 30.3 Å². The summed E-state index contributed by atoms with van der Waals surface area (Å²) in [6, 6.07) is 7.97. The van der Waals surface area contributed by atoms with E-state index in [2.05, 4.69) is 25.5 Å². The zero-order valence-corrected chi connectivity index (χ0v) is 11.6. The molecule has 0 N–H and O–H groups in total. The van der Waals surface area contributed by atoms with E-state index in [1.807, 2.05) is 24.3 Å². The Morgan fingerprint density at radius 3 is 2.00 bits per heavy atom. The van der Waals surface area contributed by atoms with Gasteiger partial charge in [-0.05, 0) is 11.0 Å². The number of hydrogen-bond donors (Lipinski definition) is 0. The second-order valence-electron chi connectivity index (χ2n) is 5.06. The molecule has 3 heteroatoms. The molecule has 3 nitrogen and oxygen atoms in total. The van der Waals surface area contributed by atoms with Gasteiger partial charge >= 0.3 is 5.97 Å². The Morgan fingerprint density at radius 1 is 1.06 bits per heavy atom. The molecular formula is C15H20O3. The van der Waals surface area contributed by atoms with Gasteiger partial charge in [0.25, 0.3) is 0 Å². The minimum atomic E-state index is -0.424. The third-order valence-electron chi connectivity index (χ3n) is 2.71. The van der Waals surface area contributed by atoms with Crippen molar-refractivity contribution in [2.45, 2.75) is 26.2 Å². The van der Waals surface area contributed by atoms with Gasteiger partial charge in [0, 0.05) is 5.56 Å². The highest BCUT2D eigenvalue weighted by atomic mass is 16.5. The highest BCUT2D eigenvalue weighted by Gasteiger charge is 2.13. The van der Waals surface area contributed by atoms with E-state index in [0.29, 0.717) is 5.76 Å². The Kier molecular flexibility index (Phi) is 4.54. The molecule has 0 aromatic heterocycles. The smallest absolute Gasteiger partial charge is 0.334 e. The minimum absolute atomic E-state index is 0.109. The molecule has 0 atom stereocenters. The van der Waals surface area contributed by atoms with Crippen molar-refractivity contribution in [3.8, 4) is 0 Å². The maximum absolute atomic E-state index is 11.2. The second-order valence-corrected chi connectivity index (χ2v) is 5.06. The topological polar surface area (TPSA) is 35.5 Å². The van der Waals surface area contributed by atoms with Gasteiger partial charge in [0.15, 0.2) is 0 Å². The van der Waals surface area contributed by atoms with Crippen molar-refractivity contribution in [2.75, 3.05) is 14.2 Å². The minimum Gasteiger partial charge on any atom is -0.496 e. The van der Waals surface area contributed by atoms with Crippen LogP contribution >= 0.6 is 0 Å². The third-order valence-corrected chi connectivity index (χ3v) is 2.71. The molecule has 0 amide bonds. The predicted molar refractivity (Wildman–Crippen MR) is 72.1 cm³/mol. The largest absolute Gasteiger partial charge is 0.496 e. The van der Waals surface area contributed by atoms with E-state index in [1.54, 1.807) is 0 Å². The van der Waals surface area contributed by atoms with Crippen LogP contribution in [0.1, 0.15) is 31.9 Å². The highest BCUT2D eigenvalue weighted by Crippen LogP contribution is 2.24. The quantitative estimate of drug-likeness (QED) is 0.468. The molecule has 98 valence electrons. The van der Waals surface area contributed by atoms with Crippen molar-refractivity contribution < 1.29 is 14.3 Å². The SMILES string of the molecule is COC(=O)/C=C(\OC)c1ccc(C(C)(C)C)cc1. The summed E-state index contributed by atoms with van der Waals surface area (Å²) in [4.78, 5) is 11.2. The molecule has 0 unspecified atom stereocenters. The molecule has 0 aliphatic rings. The van der Waals surface area contributed by atoms with Crippen molar-refractivity contribution in [1.82, 2.24) is 0 Å². The summed E-state index contributed by atoms with van der Waals surface area (Å²) >= 11 is 0. The summed E-state index contributed by atoms with van der Waals surface area (Å²) in [6.45, 7) is 6.47. The summed E-state index contributed by atoms with van der Waals surface area (Å²) in [5.74, 6) is 0.0778. The van der Waals surface area contributed by atoms with Crippen LogP contribution in [-0.4, -0.2) is 20.2 Å². The molecule has 18 heavy (non-hydrogen) atoms. The lowest BCUT2D eigenvalue weighted by Gasteiger charge is -2.19. The Bertz CT molecular complexity index is 436. The predicted octanol–water partition coefficient (Wildman–Crippen LogP) is 3.14. The van der Waals surface area contributed by atoms with Crippen molar-refractivity contribution in [2.24, 2.45) is 0 Å². The van der Waals surface area contributed by atoms with Crippen LogP contribution in [0.2, 0.25) is 0 Å². The van der Waals surface area contributed by atoms with Crippen LogP contribution in [0.5, 0.6) is 0 Å². The number of hydrogen-bond acceptors (Lipinski definition) is 3. The molecule has 0 saturated carbocycles. The lowest BCUT2D eigenvalue weighted by atomic mass is 9.86. The molecule has 0 radical (unpaired) electrons. The first-order chi connectivity index (χ1) is 8.38. The van der Waals surface area contributed by atoms with Crippen LogP contribution in [0, 0.1) is 0 Å². The van der Waals surface area contributed by atoms with Gasteiger partial charge in [-0.25, -0.2) is 4.79 Å². The maximum atomic E-state index is 11.2. The van der Waals surface area contributed by atoms with E-state index in [0.717, 1.165) is 5.56 Å². The molecule has 1 aromatic carbocycles. The van der Waals surface area contributed by atoms with Crippen molar-refractivity contribution in [1.29, 1.82) is 0 Å². The van der Waals surface area contributed by atoms with E-state index in [-0.39, 0.29) is 5.41 Å². The summed E-state index contributed by atoms with van der Waals surface area (Å²) in [6.07, 6.45) is 1.34. The molecule has 1 rings (SSSR count). The molecule has 0 fully saturated rings. The van der Waals surface area contributed by atoms with Gasteiger partial charge < -0.3 is 9.47 Å². The number of carbonyl (C=O) groups is 1. The highest BCUT2D eigenvalue weighted by molar-refractivity contribution is 5.89. The number of carbonyl (C=O) groups excluding carboxylic acids is 1. The molecule has 0 bridgehead atoms. The third kappa shape index (κ3) is 3.62. The summed E-state index contributed by atoms with van der Waals surface area (Å²) in [5, 5.41) is 0. The van der Waals surface area contributed by atoms with Gasteiger partial charge in [-0.3, -0.25) is 0 Å². The molecule has 0 saturated heterocycles. The first kappa shape index (κ1) is 14.3. The maximum Gasteiger partial charge on any atom is 0.334 e. The van der Waals surface area contributed by atoms with Gasteiger partial charge in [0.05, 0.1) is 20.3 Å². The van der Waals surface area contributed by atoms with E-state index >= 15 is 0 Å². The first-order valence-electron chi connectivity index (χ1n) is 5.83. The molecule has 0 heterocycles. The van der Waals surface area contributed by atoms with Gasteiger partial charge in [-0.2, -0.15) is 0 Å². The normalized spacial score (nSPS) is 12.2. The monoisotopic (exact) mass is 248 g/mol. The Morgan fingerprint density at radius 2 is 1.61 bits per heavy atom. The first-order valence-corrected chi connectivity index (χ1v) is 5.83. The zero-order valence-electron chi connectivity index (χ0n) is 11.6. The molecule has 1 aromatic rings. The lowest BCUT2D eigenvalue weighted by molar-refractivity contribution is -0.134. The van der Waals surface area contributed by atoms with E-state index in [1.165, 1.54) is 25.9 Å². The van der Waals surface area contributed by atoms with Crippen molar-refractivity contribution >= 4 is 11.7 Å². The number of benzene rings is 1. The van der Waals surface area contributed by atoms with Crippen LogP contribution in [0.4, 0.5) is 0 Å². The van der Waals surface area contributed by atoms with Crippen LogP contribution in [-0.2, 0) is 19.7 Å². The molecule has 0 aliphatic heterocycles. The fraction of sp³-hybridized carbons (Fsp3) is 0.400. The number of rotatable bonds is 3. The Hall–Kier alpha value is -1.77. The Labute approximate surface area is 108 Å². The fourth-order valence-corrected chi connectivity index (χ4v) is 1.56. The van der Waals surface area contributed by atoms with E-state index in [9.17, 15) is 4.79 Å². The van der Waals surface area contributed by atoms with Gasteiger partial charge in [-0.1, -0.05) is 45.0 Å². The summed E-state index contributed by atoms with van der Waals surface area (Å²) in [7, 11) is 2.88. The number of methoxy groups -OCH3 is 2. The van der Waals surface area contributed by atoms with Gasteiger partial charge in [0.2, 0.25) is 0 Å². The second kappa shape index (κ2) is 5.71. The average molecular weight is 248 g/mol. The summed E-state index contributed by atoms with van der Waals surface area (Å²) in [5.41, 5.74) is 2.20. The molecule has 0 aliphatic carbocycles. The van der Waals surface area contributed by atoms with Crippen LogP contribution in [0.3, 0.4) is 0 Å². The number of ether oxygens (including phenoxy) is 2.